The summed E-state index contributed by atoms with van der Waals surface area (Å²) >= 11 is 0. The highest BCUT2D eigenvalue weighted by molar-refractivity contribution is 5.89. The molecule has 0 saturated carbocycles. The molecule has 3 amide bonds. The lowest BCUT2D eigenvalue weighted by atomic mass is 9.98. The Kier molecular flexibility index (Phi) is 7.47. The summed E-state index contributed by atoms with van der Waals surface area (Å²) in [6.07, 6.45) is -0.722. The normalized spacial score (nSPS) is 13.2. The SMILES string of the molecule is CC(C)(C)NC(=O)Nc1ccc(CC(NC(=O)OCC2c3ccccc3-c3ccccc32)C(=O)O)cc1. The molecular weight excluding hydrogens is 470 g/mol. The monoisotopic (exact) mass is 501 g/mol. The third kappa shape index (κ3) is 6.46. The standard InChI is InChI=1S/C29H31N3O5/c1-29(2,3)32-27(35)30-19-14-12-18(13-15-19)16-25(26(33)34)31-28(36)37-17-24-22-10-6-4-8-20(22)21-9-5-7-11-23(21)24/h4-15,24-25H,16-17H2,1-3H3,(H,31,36)(H,33,34)(H2,30,32,35). The number of amides is 3. The molecule has 4 N–H and O–H groups in total. The average molecular weight is 502 g/mol. The molecule has 0 fully saturated rings. The Labute approximate surface area is 216 Å². The van der Waals surface area contributed by atoms with Crippen molar-refractivity contribution in [1.82, 2.24) is 10.6 Å². The van der Waals surface area contributed by atoms with Crippen LogP contribution in [-0.4, -0.2) is 41.4 Å². The molecule has 3 aromatic rings. The van der Waals surface area contributed by atoms with E-state index in [0.717, 1.165) is 22.3 Å². The van der Waals surface area contributed by atoms with Gasteiger partial charge in [-0.05, 0) is 60.7 Å². The Hall–Kier alpha value is -4.33. The molecule has 1 atom stereocenters. The maximum atomic E-state index is 12.6. The lowest BCUT2D eigenvalue weighted by molar-refractivity contribution is -0.139. The smallest absolute Gasteiger partial charge is 0.407 e. The van der Waals surface area contributed by atoms with E-state index in [1.165, 1.54) is 0 Å². The summed E-state index contributed by atoms with van der Waals surface area (Å²) in [7, 11) is 0. The molecule has 0 heterocycles. The van der Waals surface area contributed by atoms with Crippen molar-refractivity contribution in [3.63, 3.8) is 0 Å². The van der Waals surface area contributed by atoms with E-state index in [4.69, 9.17) is 4.74 Å². The minimum absolute atomic E-state index is 0.0635. The fraction of sp³-hybridized carbons (Fsp3) is 0.276. The van der Waals surface area contributed by atoms with Crippen molar-refractivity contribution in [2.24, 2.45) is 0 Å². The van der Waals surface area contributed by atoms with Crippen molar-refractivity contribution in [1.29, 1.82) is 0 Å². The number of carbonyl (C=O) groups excluding carboxylic acids is 2. The van der Waals surface area contributed by atoms with Gasteiger partial charge in [0.25, 0.3) is 0 Å². The van der Waals surface area contributed by atoms with E-state index in [9.17, 15) is 19.5 Å². The van der Waals surface area contributed by atoms with Crippen LogP contribution in [0.1, 0.15) is 43.4 Å². The molecule has 37 heavy (non-hydrogen) atoms. The van der Waals surface area contributed by atoms with E-state index >= 15 is 0 Å². The van der Waals surface area contributed by atoms with Gasteiger partial charge in [0, 0.05) is 23.6 Å². The molecule has 3 aromatic carbocycles. The molecule has 1 aliphatic rings. The van der Waals surface area contributed by atoms with E-state index in [1.807, 2.05) is 69.3 Å². The van der Waals surface area contributed by atoms with Crippen molar-refractivity contribution < 1.29 is 24.2 Å². The first kappa shape index (κ1) is 25.8. The molecule has 0 aromatic heterocycles. The molecule has 0 bridgehead atoms. The van der Waals surface area contributed by atoms with Crippen LogP contribution >= 0.6 is 0 Å². The maximum absolute atomic E-state index is 12.6. The highest BCUT2D eigenvalue weighted by atomic mass is 16.5. The van der Waals surface area contributed by atoms with Gasteiger partial charge in [0.1, 0.15) is 12.6 Å². The molecule has 0 spiro atoms. The van der Waals surface area contributed by atoms with Gasteiger partial charge in [0.05, 0.1) is 0 Å². The van der Waals surface area contributed by atoms with Crippen molar-refractivity contribution >= 4 is 23.8 Å². The van der Waals surface area contributed by atoms with E-state index < -0.39 is 18.1 Å². The molecule has 4 rings (SSSR count). The van der Waals surface area contributed by atoms with Crippen LogP contribution in [0.3, 0.4) is 0 Å². The Morgan fingerprint density at radius 2 is 1.46 bits per heavy atom. The minimum Gasteiger partial charge on any atom is -0.480 e. The summed E-state index contributed by atoms with van der Waals surface area (Å²) in [6, 6.07) is 21.3. The lowest BCUT2D eigenvalue weighted by Gasteiger charge is -2.21. The number of hydrogen-bond acceptors (Lipinski definition) is 4. The third-order valence-corrected chi connectivity index (χ3v) is 6.07. The summed E-state index contributed by atoms with van der Waals surface area (Å²) in [5.41, 5.74) is 5.28. The fourth-order valence-electron chi connectivity index (χ4n) is 4.45. The molecule has 192 valence electrons. The van der Waals surface area contributed by atoms with Crippen LogP contribution in [0.5, 0.6) is 0 Å². The first-order valence-electron chi connectivity index (χ1n) is 12.1. The molecule has 0 radical (unpaired) electrons. The van der Waals surface area contributed by atoms with Crippen molar-refractivity contribution in [3.05, 3.63) is 89.5 Å². The second-order valence-corrected chi connectivity index (χ2v) is 10.1. The predicted octanol–water partition coefficient (Wildman–Crippen LogP) is 5.14. The van der Waals surface area contributed by atoms with E-state index in [2.05, 4.69) is 16.0 Å². The fourth-order valence-corrected chi connectivity index (χ4v) is 4.45. The Balaban J connectivity index is 1.34. The van der Waals surface area contributed by atoms with Crippen LogP contribution < -0.4 is 16.0 Å². The summed E-state index contributed by atoms with van der Waals surface area (Å²) < 4.78 is 5.49. The van der Waals surface area contributed by atoms with Crippen molar-refractivity contribution in [3.8, 4) is 11.1 Å². The summed E-state index contributed by atoms with van der Waals surface area (Å²) in [4.78, 5) is 36.4. The number of urea groups is 1. The number of carbonyl (C=O) groups is 3. The first-order chi connectivity index (χ1) is 17.6. The Bertz CT molecular complexity index is 1250. The molecular formula is C29H31N3O5. The van der Waals surface area contributed by atoms with E-state index in [-0.39, 0.29) is 30.5 Å². The first-order valence-corrected chi connectivity index (χ1v) is 12.1. The van der Waals surface area contributed by atoms with Crippen LogP contribution in [-0.2, 0) is 16.0 Å². The number of fused-ring (bicyclic) bond motifs is 3. The average Bonchev–Trinajstić information content (AvgIpc) is 3.16. The van der Waals surface area contributed by atoms with Gasteiger partial charge in [-0.25, -0.2) is 14.4 Å². The van der Waals surface area contributed by atoms with Crippen LogP contribution in [0.2, 0.25) is 0 Å². The topological polar surface area (TPSA) is 117 Å². The second-order valence-electron chi connectivity index (χ2n) is 10.1. The van der Waals surface area contributed by atoms with Crippen LogP contribution in [0.15, 0.2) is 72.8 Å². The molecule has 8 heteroatoms. The highest BCUT2D eigenvalue weighted by Gasteiger charge is 2.29. The molecule has 0 saturated heterocycles. The molecule has 1 unspecified atom stereocenters. The lowest BCUT2D eigenvalue weighted by Crippen LogP contribution is -2.43. The number of ether oxygens (including phenoxy) is 1. The second kappa shape index (κ2) is 10.7. The summed E-state index contributed by atoms with van der Waals surface area (Å²) in [5, 5.41) is 17.7. The van der Waals surface area contributed by atoms with Gasteiger partial charge in [-0.15, -0.1) is 0 Å². The quantitative estimate of drug-likeness (QED) is 0.358. The number of alkyl carbamates (subject to hydrolysis) is 1. The highest BCUT2D eigenvalue weighted by Crippen LogP contribution is 2.44. The Morgan fingerprint density at radius 3 is 2.00 bits per heavy atom. The zero-order chi connectivity index (χ0) is 26.6. The number of rotatable bonds is 7. The number of anilines is 1. The predicted molar refractivity (Wildman–Crippen MR) is 142 cm³/mol. The molecule has 8 nitrogen and oxygen atoms in total. The van der Waals surface area contributed by atoms with Gasteiger partial charge in [0.2, 0.25) is 0 Å². The number of benzene rings is 3. The number of aliphatic carboxylic acids is 1. The summed E-state index contributed by atoms with van der Waals surface area (Å²) in [6.45, 7) is 5.74. The zero-order valence-electron chi connectivity index (χ0n) is 21.1. The van der Waals surface area contributed by atoms with E-state index in [0.29, 0.717) is 11.3 Å². The van der Waals surface area contributed by atoms with Gasteiger partial charge in [-0.1, -0.05) is 60.7 Å². The molecule has 1 aliphatic carbocycles. The van der Waals surface area contributed by atoms with Gasteiger partial charge in [-0.3, -0.25) is 0 Å². The number of hydrogen-bond donors (Lipinski definition) is 4. The number of carboxylic acid groups (broad SMARTS) is 1. The maximum Gasteiger partial charge on any atom is 0.407 e. The van der Waals surface area contributed by atoms with Crippen LogP contribution in [0, 0.1) is 0 Å². The van der Waals surface area contributed by atoms with Crippen molar-refractivity contribution in [2.75, 3.05) is 11.9 Å². The minimum atomic E-state index is -1.17. The van der Waals surface area contributed by atoms with E-state index in [1.54, 1.807) is 24.3 Å². The third-order valence-electron chi connectivity index (χ3n) is 6.07. The molecule has 0 aliphatic heterocycles. The van der Waals surface area contributed by atoms with Crippen LogP contribution in [0.4, 0.5) is 15.3 Å². The number of carboxylic acids is 1. The largest absolute Gasteiger partial charge is 0.480 e. The number of nitrogens with one attached hydrogen (secondary N) is 3. The van der Waals surface area contributed by atoms with Gasteiger partial charge in [-0.2, -0.15) is 0 Å². The van der Waals surface area contributed by atoms with Gasteiger partial charge < -0.3 is 25.8 Å². The van der Waals surface area contributed by atoms with Crippen molar-refractivity contribution in [2.45, 2.75) is 44.7 Å². The zero-order valence-corrected chi connectivity index (χ0v) is 21.1. The van der Waals surface area contributed by atoms with Gasteiger partial charge >= 0.3 is 18.1 Å². The van der Waals surface area contributed by atoms with Crippen LogP contribution in [0.25, 0.3) is 11.1 Å². The Morgan fingerprint density at radius 1 is 0.892 bits per heavy atom. The summed E-state index contributed by atoms with van der Waals surface area (Å²) in [5.74, 6) is -1.28. The van der Waals surface area contributed by atoms with Gasteiger partial charge in [0.15, 0.2) is 0 Å².